The van der Waals surface area contributed by atoms with Crippen LogP contribution >= 0.6 is 0 Å². The molecule has 4 N–H and O–H groups in total. The van der Waals surface area contributed by atoms with Crippen LogP contribution in [0.25, 0.3) is 11.2 Å². The molecule has 0 saturated carbocycles. The Hall–Kier alpha value is -2.38. The van der Waals surface area contributed by atoms with Crippen LogP contribution in [0.5, 0.6) is 0 Å². The van der Waals surface area contributed by atoms with E-state index in [1.807, 2.05) is 0 Å². The second kappa shape index (κ2) is 4.57. The first-order valence-corrected chi connectivity index (χ1v) is 7.21. The number of nitrogen functional groups attached to an aromatic ring is 1. The van der Waals surface area contributed by atoms with E-state index in [-0.39, 0.29) is 11.9 Å². The van der Waals surface area contributed by atoms with Crippen LogP contribution in [-0.4, -0.2) is 45.0 Å². The van der Waals surface area contributed by atoms with E-state index in [4.69, 9.17) is 5.73 Å². The Bertz CT molecular complexity index is 697. The summed E-state index contributed by atoms with van der Waals surface area (Å²) in [6, 6.07) is 0.291. The monoisotopic (exact) mass is 287 g/mol. The maximum absolute atomic E-state index is 11.5. The van der Waals surface area contributed by atoms with E-state index in [0.717, 1.165) is 37.3 Å². The van der Waals surface area contributed by atoms with Gasteiger partial charge in [0, 0.05) is 25.6 Å². The quantitative estimate of drug-likeness (QED) is 0.682. The molecule has 2 aromatic heterocycles. The summed E-state index contributed by atoms with van der Waals surface area (Å²) in [6.07, 6.45) is 4.08. The highest BCUT2D eigenvalue weighted by Gasteiger charge is 2.34. The number of amides is 1. The smallest absolute Gasteiger partial charge is 0.224 e. The van der Waals surface area contributed by atoms with E-state index in [1.165, 1.54) is 0 Å². The first-order chi connectivity index (χ1) is 10.2. The second-order valence-corrected chi connectivity index (χ2v) is 5.71. The number of piperidine rings is 2. The summed E-state index contributed by atoms with van der Waals surface area (Å²) in [7, 11) is 0. The van der Waals surface area contributed by atoms with Gasteiger partial charge >= 0.3 is 0 Å². The number of anilines is 2. The number of aromatic amines is 1. The van der Waals surface area contributed by atoms with E-state index < -0.39 is 0 Å². The molecule has 0 aromatic carbocycles. The molecule has 2 aromatic rings. The minimum atomic E-state index is 0.173. The van der Waals surface area contributed by atoms with Gasteiger partial charge in [0.15, 0.2) is 11.5 Å². The Kier molecular flexibility index (Phi) is 2.69. The predicted octanol–water partition coefficient (Wildman–Crippen LogP) is 0.0400. The Balaban J connectivity index is 1.64. The fourth-order valence-corrected chi connectivity index (χ4v) is 3.37. The van der Waals surface area contributed by atoms with Crippen LogP contribution in [-0.2, 0) is 4.79 Å². The van der Waals surface area contributed by atoms with Crippen LogP contribution in [0.1, 0.15) is 19.3 Å². The number of fused-ring (bicyclic) bond motifs is 2. The zero-order valence-corrected chi connectivity index (χ0v) is 11.5. The minimum absolute atomic E-state index is 0.173. The average molecular weight is 287 g/mol. The molecule has 8 nitrogen and oxygen atoms in total. The summed E-state index contributed by atoms with van der Waals surface area (Å²) in [6.45, 7) is 1.71. The third kappa shape index (κ3) is 2.07. The van der Waals surface area contributed by atoms with Crippen LogP contribution in [0, 0.1) is 5.92 Å². The first kappa shape index (κ1) is 12.4. The molecular formula is C13H17N7O. The summed E-state index contributed by atoms with van der Waals surface area (Å²) in [5.41, 5.74) is 7.20. The van der Waals surface area contributed by atoms with Crippen LogP contribution in [0.3, 0.4) is 0 Å². The molecule has 0 bridgehead atoms. The average Bonchev–Trinajstić information content (AvgIpc) is 2.94. The number of hydrogen-bond donors (Lipinski definition) is 3. The first-order valence-electron chi connectivity index (χ1n) is 7.21. The van der Waals surface area contributed by atoms with Crippen molar-refractivity contribution in [2.45, 2.75) is 25.3 Å². The summed E-state index contributed by atoms with van der Waals surface area (Å²) < 4.78 is 0. The Labute approximate surface area is 121 Å². The SMILES string of the molecule is Nc1nc(N2CCC3NC(=O)CCC3C2)c2[nH]cnc2n1. The number of carbonyl (C=O) groups excluding carboxylic acids is 1. The normalized spacial score (nSPS) is 25.7. The molecule has 0 spiro atoms. The van der Waals surface area contributed by atoms with Crippen molar-refractivity contribution in [2.75, 3.05) is 23.7 Å². The molecule has 2 aliphatic rings. The summed E-state index contributed by atoms with van der Waals surface area (Å²) >= 11 is 0. The highest BCUT2D eigenvalue weighted by Crippen LogP contribution is 2.30. The fourth-order valence-electron chi connectivity index (χ4n) is 3.37. The van der Waals surface area contributed by atoms with E-state index in [1.54, 1.807) is 6.33 Å². The van der Waals surface area contributed by atoms with Crippen molar-refractivity contribution in [1.82, 2.24) is 25.3 Å². The molecule has 2 saturated heterocycles. The van der Waals surface area contributed by atoms with Gasteiger partial charge in [0.2, 0.25) is 11.9 Å². The number of aromatic nitrogens is 4. The molecular weight excluding hydrogens is 270 g/mol. The molecule has 21 heavy (non-hydrogen) atoms. The standard InChI is InChI=1S/C13H17N7O/c14-13-18-11-10(15-6-16-11)12(19-13)20-4-3-8-7(5-20)1-2-9(21)17-8/h6-8H,1-5H2,(H,17,21)(H3,14,15,16,18,19). The van der Waals surface area contributed by atoms with E-state index >= 15 is 0 Å². The number of nitrogens with one attached hydrogen (secondary N) is 2. The largest absolute Gasteiger partial charge is 0.368 e. The zero-order valence-electron chi connectivity index (χ0n) is 11.5. The van der Waals surface area contributed by atoms with Crippen molar-refractivity contribution in [3.05, 3.63) is 6.33 Å². The molecule has 110 valence electrons. The number of rotatable bonds is 1. The van der Waals surface area contributed by atoms with Gasteiger partial charge in [0.25, 0.3) is 0 Å². The molecule has 1 amide bonds. The Morgan fingerprint density at radius 1 is 1.33 bits per heavy atom. The molecule has 0 aliphatic carbocycles. The van der Waals surface area contributed by atoms with Gasteiger partial charge in [-0.2, -0.15) is 9.97 Å². The van der Waals surface area contributed by atoms with Crippen LogP contribution in [0.2, 0.25) is 0 Å². The number of H-pyrrole nitrogens is 1. The highest BCUT2D eigenvalue weighted by molar-refractivity contribution is 5.84. The number of carbonyl (C=O) groups is 1. The van der Waals surface area contributed by atoms with Gasteiger partial charge in [-0.15, -0.1) is 0 Å². The van der Waals surface area contributed by atoms with Gasteiger partial charge in [-0.25, -0.2) is 4.98 Å². The summed E-state index contributed by atoms with van der Waals surface area (Å²) in [5.74, 6) is 1.69. The lowest BCUT2D eigenvalue weighted by atomic mass is 9.85. The maximum Gasteiger partial charge on any atom is 0.224 e. The van der Waals surface area contributed by atoms with Crippen molar-refractivity contribution >= 4 is 28.8 Å². The van der Waals surface area contributed by atoms with Crippen LogP contribution in [0.15, 0.2) is 6.33 Å². The van der Waals surface area contributed by atoms with E-state index in [9.17, 15) is 4.79 Å². The predicted molar refractivity (Wildman–Crippen MR) is 77.6 cm³/mol. The van der Waals surface area contributed by atoms with E-state index in [2.05, 4.69) is 30.2 Å². The molecule has 2 fully saturated rings. The van der Waals surface area contributed by atoms with E-state index in [0.29, 0.717) is 24.0 Å². The number of nitrogens with zero attached hydrogens (tertiary/aromatic N) is 4. The lowest BCUT2D eigenvalue weighted by molar-refractivity contribution is -0.124. The van der Waals surface area contributed by atoms with Gasteiger partial charge in [-0.05, 0) is 18.8 Å². The van der Waals surface area contributed by atoms with Gasteiger partial charge in [-0.1, -0.05) is 0 Å². The maximum atomic E-state index is 11.5. The third-order valence-corrected chi connectivity index (χ3v) is 4.41. The number of nitrogens with two attached hydrogens (primary N) is 1. The second-order valence-electron chi connectivity index (χ2n) is 5.71. The molecule has 4 heterocycles. The summed E-state index contributed by atoms with van der Waals surface area (Å²) in [5, 5.41) is 3.09. The lowest BCUT2D eigenvalue weighted by Crippen LogP contribution is -2.54. The van der Waals surface area contributed by atoms with Crippen molar-refractivity contribution in [3.8, 4) is 0 Å². The van der Waals surface area contributed by atoms with Crippen molar-refractivity contribution in [1.29, 1.82) is 0 Å². The third-order valence-electron chi connectivity index (χ3n) is 4.41. The van der Waals surface area contributed by atoms with Gasteiger partial charge in [0.05, 0.1) is 6.33 Å². The van der Waals surface area contributed by atoms with Gasteiger partial charge in [0.1, 0.15) is 5.52 Å². The molecule has 4 rings (SSSR count). The Morgan fingerprint density at radius 2 is 2.24 bits per heavy atom. The highest BCUT2D eigenvalue weighted by atomic mass is 16.1. The molecule has 2 atom stereocenters. The zero-order chi connectivity index (χ0) is 14.4. The Morgan fingerprint density at radius 3 is 3.14 bits per heavy atom. The fraction of sp³-hybridized carbons (Fsp3) is 0.538. The van der Waals surface area contributed by atoms with Crippen molar-refractivity contribution in [3.63, 3.8) is 0 Å². The lowest BCUT2D eigenvalue weighted by Gasteiger charge is -2.41. The minimum Gasteiger partial charge on any atom is -0.368 e. The van der Waals surface area contributed by atoms with Crippen LogP contribution < -0.4 is 16.0 Å². The van der Waals surface area contributed by atoms with Crippen molar-refractivity contribution in [2.24, 2.45) is 5.92 Å². The molecule has 8 heteroatoms. The van der Waals surface area contributed by atoms with Gasteiger partial charge < -0.3 is 20.9 Å². The number of hydrogen-bond acceptors (Lipinski definition) is 6. The van der Waals surface area contributed by atoms with Crippen molar-refractivity contribution < 1.29 is 4.79 Å². The molecule has 2 aliphatic heterocycles. The topological polar surface area (TPSA) is 113 Å². The summed E-state index contributed by atoms with van der Waals surface area (Å²) in [4.78, 5) is 29.5. The van der Waals surface area contributed by atoms with Crippen LogP contribution in [0.4, 0.5) is 11.8 Å². The van der Waals surface area contributed by atoms with Gasteiger partial charge in [-0.3, -0.25) is 4.79 Å². The number of imidazole rings is 1. The molecule has 0 radical (unpaired) electrons. The molecule has 2 unspecified atom stereocenters.